The Morgan fingerprint density at radius 3 is 2.03 bits per heavy atom. The van der Waals surface area contributed by atoms with E-state index in [1.807, 2.05) is 13.8 Å². The van der Waals surface area contributed by atoms with Crippen LogP contribution in [0.5, 0.6) is 5.75 Å². The molecule has 0 fully saturated rings. The molecule has 0 aliphatic rings. The number of methoxy groups -OCH3 is 1. The molecule has 0 bridgehead atoms. The van der Waals surface area contributed by atoms with Crippen molar-refractivity contribution in [3.63, 3.8) is 0 Å². The zero-order chi connectivity index (χ0) is 27.5. The van der Waals surface area contributed by atoms with Gasteiger partial charge < -0.3 is 35.8 Å². The molecule has 11 heteroatoms. The fraction of sp³-hybridized carbons (Fsp3) is 0.600. The molecule has 202 valence electrons. The van der Waals surface area contributed by atoms with Crippen molar-refractivity contribution in [3.8, 4) is 5.75 Å². The number of amides is 4. The summed E-state index contributed by atoms with van der Waals surface area (Å²) in [5.41, 5.74) is 0.0722. The first-order valence-electron chi connectivity index (χ1n) is 11.9. The van der Waals surface area contributed by atoms with E-state index in [4.69, 9.17) is 9.47 Å². The summed E-state index contributed by atoms with van der Waals surface area (Å²) in [6.45, 7) is 8.42. The lowest BCUT2D eigenvalue weighted by atomic mass is 10.0. The molecular weight excluding hydrogens is 468 g/mol. The number of alkyl carbamates (subject to hydrolysis) is 1. The number of likely N-dealkylation sites (N-methyl/N-ethyl adjacent to an activating group) is 1. The molecule has 5 N–H and O–H groups in total. The van der Waals surface area contributed by atoms with Gasteiger partial charge in [-0.05, 0) is 50.8 Å². The maximum Gasteiger partial charge on any atom is 0.407 e. The summed E-state index contributed by atoms with van der Waals surface area (Å²) in [5, 5.41) is 20.3. The van der Waals surface area contributed by atoms with E-state index in [-0.39, 0.29) is 18.8 Å². The van der Waals surface area contributed by atoms with Gasteiger partial charge in [-0.1, -0.05) is 26.0 Å². The number of aliphatic hydroxyl groups is 1. The van der Waals surface area contributed by atoms with Crippen molar-refractivity contribution in [2.24, 2.45) is 5.92 Å². The standard InChI is InChI=1S/C25H40N4O7/c1-15(2)12-18(29-23(33)20(30)14-27-24(34)36-25(3,4)5)22(32)28-19(21(31)26-6)13-16-8-10-17(35-7)11-9-16/h8-11,15,18-20,30H,12-14H2,1-7H3,(H,26,31)(H,27,34)(H,28,32)(H,29,33)/t18-,19-,20+/m0/s1. The van der Waals surface area contributed by atoms with Crippen LogP contribution >= 0.6 is 0 Å². The van der Waals surface area contributed by atoms with Gasteiger partial charge in [0.2, 0.25) is 11.8 Å². The minimum absolute atomic E-state index is 0.0260. The Morgan fingerprint density at radius 2 is 1.53 bits per heavy atom. The SMILES string of the molecule is CNC(=O)[C@H](Cc1ccc(OC)cc1)NC(=O)[C@H](CC(C)C)NC(=O)[C@H](O)CNC(=O)OC(C)(C)C. The van der Waals surface area contributed by atoms with Crippen LogP contribution in [0, 0.1) is 5.92 Å². The number of ether oxygens (including phenoxy) is 2. The van der Waals surface area contributed by atoms with Crippen LogP contribution in [-0.4, -0.2) is 73.4 Å². The Bertz CT molecular complexity index is 881. The van der Waals surface area contributed by atoms with E-state index in [2.05, 4.69) is 21.3 Å². The van der Waals surface area contributed by atoms with Gasteiger partial charge in [-0.15, -0.1) is 0 Å². The quantitative estimate of drug-likeness (QED) is 0.281. The zero-order valence-corrected chi connectivity index (χ0v) is 22.1. The zero-order valence-electron chi connectivity index (χ0n) is 22.1. The normalized spacial score (nSPS) is 13.7. The second kappa shape index (κ2) is 14.3. The lowest BCUT2D eigenvalue weighted by molar-refractivity contribution is -0.135. The van der Waals surface area contributed by atoms with Gasteiger partial charge in [-0.3, -0.25) is 14.4 Å². The first-order chi connectivity index (χ1) is 16.7. The predicted molar refractivity (Wildman–Crippen MR) is 134 cm³/mol. The van der Waals surface area contributed by atoms with E-state index in [1.54, 1.807) is 52.1 Å². The van der Waals surface area contributed by atoms with Crippen molar-refractivity contribution < 1.29 is 33.8 Å². The molecule has 0 heterocycles. The van der Waals surface area contributed by atoms with Crippen LogP contribution in [-0.2, 0) is 25.5 Å². The molecule has 0 aromatic heterocycles. The molecule has 1 aromatic carbocycles. The third kappa shape index (κ3) is 11.4. The lowest BCUT2D eigenvalue weighted by Crippen LogP contribution is -2.56. The van der Waals surface area contributed by atoms with Gasteiger partial charge in [-0.2, -0.15) is 0 Å². The van der Waals surface area contributed by atoms with Gasteiger partial charge in [0, 0.05) is 13.5 Å². The van der Waals surface area contributed by atoms with Gasteiger partial charge in [0.25, 0.3) is 5.91 Å². The summed E-state index contributed by atoms with van der Waals surface area (Å²) in [4.78, 5) is 49.9. The van der Waals surface area contributed by atoms with Crippen LogP contribution in [0.1, 0.15) is 46.6 Å². The third-order valence-electron chi connectivity index (χ3n) is 4.96. The Morgan fingerprint density at radius 1 is 0.944 bits per heavy atom. The molecule has 1 rings (SSSR count). The topological polar surface area (TPSA) is 155 Å². The van der Waals surface area contributed by atoms with Gasteiger partial charge in [0.05, 0.1) is 13.7 Å². The molecule has 0 radical (unpaired) electrons. The van der Waals surface area contributed by atoms with Crippen LogP contribution in [0.4, 0.5) is 4.79 Å². The summed E-state index contributed by atoms with van der Waals surface area (Å²) >= 11 is 0. The Hall–Kier alpha value is -3.34. The maximum atomic E-state index is 13.1. The molecule has 0 unspecified atom stereocenters. The number of carbonyl (C=O) groups is 4. The molecule has 36 heavy (non-hydrogen) atoms. The number of rotatable bonds is 12. The average molecular weight is 509 g/mol. The van der Waals surface area contributed by atoms with Crippen LogP contribution in [0.3, 0.4) is 0 Å². The molecule has 3 atom stereocenters. The number of nitrogens with one attached hydrogen (secondary N) is 4. The fourth-order valence-corrected chi connectivity index (χ4v) is 3.21. The van der Waals surface area contributed by atoms with Crippen molar-refractivity contribution >= 4 is 23.8 Å². The van der Waals surface area contributed by atoms with Crippen molar-refractivity contribution in [2.75, 3.05) is 20.7 Å². The first kappa shape index (κ1) is 30.7. The minimum atomic E-state index is -1.60. The molecule has 0 saturated carbocycles. The Labute approximate surface area is 212 Å². The molecule has 0 aliphatic carbocycles. The fourth-order valence-electron chi connectivity index (χ4n) is 3.21. The van der Waals surface area contributed by atoms with Gasteiger partial charge >= 0.3 is 6.09 Å². The highest BCUT2D eigenvalue weighted by Crippen LogP contribution is 2.13. The summed E-state index contributed by atoms with van der Waals surface area (Å²) in [6, 6.07) is 5.21. The van der Waals surface area contributed by atoms with Crippen molar-refractivity contribution in [2.45, 2.75) is 71.2 Å². The van der Waals surface area contributed by atoms with Crippen molar-refractivity contribution in [3.05, 3.63) is 29.8 Å². The second-order valence-corrected chi connectivity index (χ2v) is 9.82. The number of hydrogen-bond acceptors (Lipinski definition) is 7. The maximum absolute atomic E-state index is 13.1. The highest BCUT2D eigenvalue weighted by atomic mass is 16.6. The predicted octanol–water partition coefficient (Wildman–Crippen LogP) is 0.885. The highest BCUT2D eigenvalue weighted by Gasteiger charge is 2.29. The largest absolute Gasteiger partial charge is 0.497 e. The van der Waals surface area contributed by atoms with Gasteiger partial charge in [-0.25, -0.2) is 4.79 Å². The van der Waals surface area contributed by atoms with E-state index in [0.29, 0.717) is 5.75 Å². The van der Waals surface area contributed by atoms with Gasteiger partial charge in [0.15, 0.2) is 0 Å². The highest BCUT2D eigenvalue weighted by molar-refractivity contribution is 5.93. The summed E-state index contributed by atoms with van der Waals surface area (Å²) in [5.74, 6) is -1.10. The average Bonchev–Trinajstić information content (AvgIpc) is 2.80. The Balaban J connectivity index is 2.85. The van der Waals surface area contributed by atoms with E-state index in [1.165, 1.54) is 7.05 Å². The molecule has 0 spiro atoms. The Kier molecular flexibility index (Phi) is 12.2. The second-order valence-electron chi connectivity index (χ2n) is 9.82. The van der Waals surface area contributed by atoms with Crippen LogP contribution in [0.2, 0.25) is 0 Å². The monoisotopic (exact) mass is 508 g/mol. The molecule has 0 saturated heterocycles. The molecule has 1 aromatic rings. The van der Waals surface area contributed by atoms with E-state index >= 15 is 0 Å². The smallest absolute Gasteiger partial charge is 0.407 e. The van der Waals surface area contributed by atoms with E-state index in [0.717, 1.165) is 5.56 Å². The first-order valence-corrected chi connectivity index (χ1v) is 11.9. The number of aliphatic hydroxyl groups excluding tert-OH is 1. The van der Waals surface area contributed by atoms with Crippen LogP contribution < -0.4 is 26.0 Å². The molecule has 4 amide bonds. The van der Waals surface area contributed by atoms with Crippen LogP contribution in [0.15, 0.2) is 24.3 Å². The van der Waals surface area contributed by atoms with Gasteiger partial charge in [0.1, 0.15) is 29.5 Å². The summed E-state index contributed by atoms with van der Waals surface area (Å²) in [6.07, 6.45) is -1.89. The third-order valence-corrected chi connectivity index (χ3v) is 4.96. The summed E-state index contributed by atoms with van der Waals surface area (Å²) < 4.78 is 10.2. The number of carbonyl (C=O) groups excluding carboxylic acids is 4. The van der Waals surface area contributed by atoms with Crippen molar-refractivity contribution in [1.82, 2.24) is 21.3 Å². The number of hydrogen-bond donors (Lipinski definition) is 5. The molecule has 11 nitrogen and oxygen atoms in total. The van der Waals surface area contributed by atoms with E-state index in [9.17, 15) is 24.3 Å². The lowest BCUT2D eigenvalue weighted by Gasteiger charge is -2.25. The molecular formula is C25H40N4O7. The number of benzene rings is 1. The van der Waals surface area contributed by atoms with Crippen LogP contribution in [0.25, 0.3) is 0 Å². The molecule has 0 aliphatic heterocycles. The van der Waals surface area contributed by atoms with Crippen molar-refractivity contribution in [1.29, 1.82) is 0 Å². The summed E-state index contributed by atoms with van der Waals surface area (Å²) in [7, 11) is 3.02. The minimum Gasteiger partial charge on any atom is -0.497 e. The van der Waals surface area contributed by atoms with E-state index < -0.39 is 54.1 Å².